The number of aromatic nitrogens is 2. The molecule has 4 aromatic rings. The van der Waals surface area contributed by atoms with E-state index in [0.717, 1.165) is 16.1 Å². The Kier molecular flexibility index (Phi) is 6.25. The molecule has 0 fully saturated rings. The van der Waals surface area contributed by atoms with Crippen molar-refractivity contribution in [1.82, 2.24) is 15.1 Å². The normalized spacial score (nSPS) is 10.7. The van der Waals surface area contributed by atoms with Crippen LogP contribution in [0.5, 0.6) is 11.5 Å². The third-order valence-electron chi connectivity index (χ3n) is 4.70. The van der Waals surface area contributed by atoms with Crippen molar-refractivity contribution in [3.8, 4) is 28.3 Å². The van der Waals surface area contributed by atoms with Gasteiger partial charge in [0.1, 0.15) is 0 Å². The number of ether oxygens (including phenoxy) is 2. The number of carbonyl (C=O) groups is 1. The van der Waals surface area contributed by atoms with Gasteiger partial charge in [-0.25, -0.2) is 4.68 Å². The Labute approximate surface area is 189 Å². The second kappa shape index (κ2) is 9.24. The summed E-state index contributed by atoms with van der Waals surface area (Å²) in [5, 5.41) is 7.52. The van der Waals surface area contributed by atoms with Crippen LogP contribution < -0.4 is 14.8 Å². The van der Waals surface area contributed by atoms with Crippen LogP contribution in [0.1, 0.15) is 15.4 Å². The van der Waals surface area contributed by atoms with E-state index >= 15 is 0 Å². The van der Waals surface area contributed by atoms with Gasteiger partial charge >= 0.3 is 0 Å². The van der Waals surface area contributed by atoms with E-state index in [1.54, 1.807) is 18.9 Å². The Hall–Kier alpha value is -3.29. The van der Waals surface area contributed by atoms with Crippen molar-refractivity contribution < 1.29 is 14.3 Å². The standard InChI is InChI=1S/C23H20ClN3O3S/c1-29-19-10-8-15(12-20(19)30-2)18-14-27(16-6-4-3-5-7-16)26-22(18)23(28)25-13-17-9-11-21(24)31-17/h3-12,14H,13H2,1-2H3,(H,25,28). The number of halogens is 1. The molecule has 4 rings (SSSR count). The van der Waals surface area contributed by atoms with Crippen molar-refractivity contribution in [2.24, 2.45) is 0 Å². The topological polar surface area (TPSA) is 65.4 Å². The SMILES string of the molecule is COc1ccc(-c2cn(-c3ccccc3)nc2C(=O)NCc2ccc(Cl)s2)cc1OC. The maximum atomic E-state index is 13.1. The molecule has 0 bridgehead atoms. The molecule has 0 radical (unpaired) electrons. The van der Waals surface area contributed by atoms with Gasteiger partial charge in [-0.15, -0.1) is 11.3 Å². The average molecular weight is 454 g/mol. The van der Waals surface area contributed by atoms with Gasteiger partial charge in [0.05, 0.1) is 30.8 Å². The van der Waals surface area contributed by atoms with Gasteiger partial charge in [0.15, 0.2) is 17.2 Å². The summed E-state index contributed by atoms with van der Waals surface area (Å²) in [5.74, 6) is 0.915. The highest BCUT2D eigenvalue weighted by atomic mass is 35.5. The first-order valence-electron chi connectivity index (χ1n) is 9.49. The summed E-state index contributed by atoms with van der Waals surface area (Å²) in [6.45, 7) is 0.375. The van der Waals surface area contributed by atoms with Crippen molar-refractivity contribution in [3.05, 3.63) is 81.8 Å². The minimum atomic E-state index is -0.274. The summed E-state index contributed by atoms with van der Waals surface area (Å²) in [6, 6.07) is 18.9. The molecule has 0 saturated carbocycles. The summed E-state index contributed by atoms with van der Waals surface area (Å²) >= 11 is 7.42. The molecular weight excluding hydrogens is 434 g/mol. The molecule has 0 aliphatic heterocycles. The van der Waals surface area contributed by atoms with Gasteiger partial charge in [0.2, 0.25) is 0 Å². The largest absolute Gasteiger partial charge is 0.493 e. The van der Waals surface area contributed by atoms with Crippen LogP contribution in [0.4, 0.5) is 0 Å². The molecule has 0 atom stereocenters. The highest BCUT2D eigenvalue weighted by molar-refractivity contribution is 7.16. The van der Waals surface area contributed by atoms with Crippen LogP contribution in [-0.2, 0) is 6.54 Å². The second-order valence-corrected chi connectivity index (χ2v) is 8.43. The summed E-state index contributed by atoms with van der Waals surface area (Å²) in [7, 11) is 3.16. The van der Waals surface area contributed by atoms with E-state index in [9.17, 15) is 4.79 Å². The molecule has 0 unspecified atom stereocenters. The minimum absolute atomic E-state index is 0.274. The molecule has 2 aromatic heterocycles. The number of thiophene rings is 1. The van der Waals surface area contributed by atoms with E-state index < -0.39 is 0 Å². The molecule has 2 aromatic carbocycles. The summed E-state index contributed by atoms with van der Waals surface area (Å²) in [4.78, 5) is 14.0. The lowest BCUT2D eigenvalue weighted by Gasteiger charge is -2.09. The fourth-order valence-corrected chi connectivity index (χ4v) is 4.19. The summed E-state index contributed by atoms with van der Waals surface area (Å²) in [6.07, 6.45) is 1.84. The number of hydrogen-bond donors (Lipinski definition) is 1. The van der Waals surface area contributed by atoms with Gasteiger partial charge in [0, 0.05) is 16.6 Å². The number of methoxy groups -OCH3 is 2. The number of nitrogens with one attached hydrogen (secondary N) is 1. The fourth-order valence-electron chi connectivity index (χ4n) is 3.17. The lowest BCUT2D eigenvalue weighted by molar-refractivity contribution is 0.0946. The van der Waals surface area contributed by atoms with Crippen LogP contribution in [0.25, 0.3) is 16.8 Å². The Morgan fingerprint density at radius 3 is 2.52 bits per heavy atom. The molecule has 0 aliphatic carbocycles. The quantitative estimate of drug-likeness (QED) is 0.417. The van der Waals surface area contributed by atoms with Crippen LogP contribution in [-0.4, -0.2) is 29.9 Å². The average Bonchev–Trinajstić information content (AvgIpc) is 3.44. The van der Waals surface area contributed by atoms with Crippen LogP contribution in [0.15, 0.2) is 66.9 Å². The predicted octanol–water partition coefficient (Wildman–Crippen LogP) is 5.20. The lowest BCUT2D eigenvalue weighted by atomic mass is 10.1. The molecule has 8 heteroatoms. The van der Waals surface area contributed by atoms with Crippen molar-refractivity contribution in [2.45, 2.75) is 6.54 Å². The Bertz CT molecular complexity index is 1200. The molecule has 158 valence electrons. The summed E-state index contributed by atoms with van der Waals surface area (Å²) in [5.41, 5.74) is 2.66. The van der Waals surface area contributed by atoms with Crippen molar-refractivity contribution >= 4 is 28.8 Å². The molecule has 1 amide bonds. The molecule has 31 heavy (non-hydrogen) atoms. The van der Waals surface area contributed by atoms with Crippen molar-refractivity contribution in [1.29, 1.82) is 0 Å². The van der Waals surface area contributed by atoms with E-state index in [1.165, 1.54) is 11.3 Å². The highest BCUT2D eigenvalue weighted by Gasteiger charge is 2.20. The molecule has 0 aliphatic rings. The van der Waals surface area contributed by atoms with Gasteiger partial charge < -0.3 is 14.8 Å². The van der Waals surface area contributed by atoms with Crippen LogP contribution in [0.2, 0.25) is 4.34 Å². The molecule has 0 spiro atoms. The van der Waals surface area contributed by atoms with Gasteiger partial charge in [-0.1, -0.05) is 35.9 Å². The molecule has 1 N–H and O–H groups in total. The zero-order valence-corrected chi connectivity index (χ0v) is 18.5. The molecule has 2 heterocycles. The monoisotopic (exact) mass is 453 g/mol. The maximum Gasteiger partial charge on any atom is 0.272 e. The number of amides is 1. The van der Waals surface area contributed by atoms with E-state index in [2.05, 4.69) is 10.4 Å². The first kappa shape index (κ1) is 21.0. The predicted molar refractivity (Wildman–Crippen MR) is 123 cm³/mol. The third kappa shape index (κ3) is 4.57. The van der Waals surface area contributed by atoms with Gasteiger partial charge in [-0.05, 0) is 42.0 Å². The zero-order valence-electron chi connectivity index (χ0n) is 17.0. The zero-order chi connectivity index (χ0) is 21.8. The van der Waals surface area contributed by atoms with Gasteiger partial charge in [-0.2, -0.15) is 5.10 Å². The first-order chi connectivity index (χ1) is 15.1. The number of hydrogen-bond acceptors (Lipinski definition) is 5. The van der Waals surface area contributed by atoms with E-state index in [1.807, 2.05) is 66.9 Å². The first-order valence-corrected chi connectivity index (χ1v) is 10.7. The lowest BCUT2D eigenvalue weighted by Crippen LogP contribution is -2.23. The highest BCUT2D eigenvalue weighted by Crippen LogP contribution is 2.34. The number of carbonyl (C=O) groups excluding carboxylic acids is 1. The van der Waals surface area contributed by atoms with Crippen LogP contribution >= 0.6 is 22.9 Å². The van der Waals surface area contributed by atoms with Gasteiger partial charge in [0.25, 0.3) is 5.91 Å². The van der Waals surface area contributed by atoms with E-state index in [4.69, 9.17) is 21.1 Å². The Morgan fingerprint density at radius 1 is 1.06 bits per heavy atom. The smallest absolute Gasteiger partial charge is 0.272 e. The Balaban J connectivity index is 1.72. The fraction of sp³-hybridized carbons (Fsp3) is 0.130. The van der Waals surface area contributed by atoms with Gasteiger partial charge in [-0.3, -0.25) is 4.79 Å². The maximum absolute atomic E-state index is 13.1. The minimum Gasteiger partial charge on any atom is -0.493 e. The number of benzene rings is 2. The number of nitrogens with zero attached hydrogens (tertiary/aromatic N) is 2. The number of rotatable bonds is 7. The van der Waals surface area contributed by atoms with Crippen molar-refractivity contribution in [3.63, 3.8) is 0 Å². The third-order valence-corrected chi connectivity index (χ3v) is 5.93. The van der Waals surface area contributed by atoms with E-state index in [0.29, 0.717) is 33.6 Å². The molecule has 6 nitrogen and oxygen atoms in total. The van der Waals surface area contributed by atoms with E-state index in [-0.39, 0.29) is 5.91 Å². The second-order valence-electron chi connectivity index (χ2n) is 6.63. The van der Waals surface area contributed by atoms with Crippen molar-refractivity contribution in [2.75, 3.05) is 14.2 Å². The number of para-hydroxylation sites is 1. The summed E-state index contributed by atoms with van der Waals surface area (Å²) < 4.78 is 13.1. The van der Waals surface area contributed by atoms with Crippen LogP contribution in [0.3, 0.4) is 0 Å². The molecular formula is C23H20ClN3O3S. The Morgan fingerprint density at radius 2 is 1.84 bits per heavy atom. The van der Waals surface area contributed by atoms with Crippen LogP contribution in [0, 0.1) is 0 Å². The molecule has 0 saturated heterocycles.